The highest BCUT2D eigenvalue weighted by Gasteiger charge is 2.12. The Balaban J connectivity index is 2.53. The molecule has 102 valence electrons. The van der Waals surface area contributed by atoms with Crippen LogP contribution < -0.4 is 10.3 Å². The molecule has 1 aromatic carbocycles. The number of nitrogens with zero attached hydrogens (tertiary/aromatic N) is 3. The van der Waals surface area contributed by atoms with Gasteiger partial charge >= 0.3 is 0 Å². The number of hydrogen-bond donors (Lipinski definition) is 0. The maximum Gasteiger partial charge on any atom is 0.297 e. The van der Waals surface area contributed by atoms with Crippen LogP contribution in [-0.2, 0) is 6.54 Å². The fourth-order valence-corrected chi connectivity index (χ4v) is 1.89. The summed E-state index contributed by atoms with van der Waals surface area (Å²) in [6.07, 6.45) is 1.21. The van der Waals surface area contributed by atoms with Crippen molar-refractivity contribution < 1.29 is 9.13 Å². The van der Waals surface area contributed by atoms with Crippen LogP contribution in [0.15, 0.2) is 29.2 Å². The first-order valence-electron chi connectivity index (χ1n) is 5.54. The van der Waals surface area contributed by atoms with Crippen molar-refractivity contribution in [3.8, 4) is 11.8 Å². The molecule has 0 bridgehead atoms. The molecule has 0 N–H and O–H groups in total. The van der Waals surface area contributed by atoms with Crippen LogP contribution in [-0.4, -0.2) is 16.7 Å². The first-order chi connectivity index (χ1) is 9.56. The third kappa shape index (κ3) is 2.63. The Labute approximate surface area is 118 Å². The molecule has 0 aliphatic rings. The van der Waals surface area contributed by atoms with Crippen molar-refractivity contribution >= 4 is 11.6 Å². The van der Waals surface area contributed by atoms with Gasteiger partial charge in [0.25, 0.3) is 5.56 Å². The van der Waals surface area contributed by atoms with Gasteiger partial charge < -0.3 is 4.74 Å². The molecule has 2 rings (SSSR count). The van der Waals surface area contributed by atoms with Crippen molar-refractivity contribution in [2.24, 2.45) is 0 Å². The van der Waals surface area contributed by atoms with Crippen LogP contribution >= 0.6 is 11.6 Å². The normalized spacial score (nSPS) is 10.1. The third-order valence-corrected chi connectivity index (χ3v) is 3.00. The van der Waals surface area contributed by atoms with E-state index in [0.717, 1.165) is 4.57 Å². The molecular formula is C13H9ClFN3O2. The van der Waals surface area contributed by atoms with Crippen molar-refractivity contribution in [1.82, 2.24) is 9.55 Å². The van der Waals surface area contributed by atoms with Crippen molar-refractivity contribution in [1.29, 1.82) is 5.26 Å². The van der Waals surface area contributed by atoms with Crippen LogP contribution in [0.25, 0.3) is 0 Å². The predicted molar refractivity (Wildman–Crippen MR) is 70.3 cm³/mol. The number of aromatic nitrogens is 2. The molecule has 0 spiro atoms. The van der Waals surface area contributed by atoms with E-state index in [1.807, 2.05) is 6.07 Å². The molecule has 0 fully saturated rings. The van der Waals surface area contributed by atoms with E-state index in [2.05, 4.69) is 4.98 Å². The quantitative estimate of drug-likeness (QED) is 0.811. The number of methoxy groups -OCH3 is 1. The van der Waals surface area contributed by atoms with E-state index in [1.165, 1.54) is 31.5 Å². The number of rotatable bonds is 3. The minimum absolute atomic E-state index is 0.0179. The summed E-state index contributed by atoms with van der Waals surface area (Å²) >= 11 is 5.86. The smallest absolute Gasteiger partial charge is 0.297 e. The highest BCUT2D eigenvalue weighted by molar-refractivity contribution is 6.28. The standard InChI is InChI=1S/C13H9ClFN3O2/c1-20-11-6-17-13(14)18(12(11)19)7-9-4-10(15)3-2-8(9)5-16/h2-4,6H,7H2,1H3. The molecule has 0 atom stereocenters. The van der Waals surface area contributed by atoms with E-state index >= 15 is 0 Å². The summed E-state index contributed by atoms with van der Waals surface area (Å²) < 4.78 is 19.2. The van der Waals surface area contributed by atoms with Crippen molar-refractivity contribution in [3.05, 3.63) is 57.0 Å². The number of hydrogen-bond acceptors (Lipinski definition) is 4. The fourth-order valence-electron chi connectivity index (χ4n) is 1.70. The van der Waals surface area contributed by atoms with E-state index < -0.39 is 11.4 Å². The van der Waals surface area contributed by atoms with Gasteiger partial charge in [0.1, 0.15) is 5.82 Å². The zero-order valence-electron chi connectivity index (χ0n) is 10.4. The average molecular weight is 294 g/mol. The Kier molecular flexibility index (Phi) is 4.01. The SMILES string of the molecule is COc1cnc(Cl)n(Cc2cc(F)ccc2C#N)c1=O. The molecule has 2 aromatic rings. The summed E-state index contributed by atoms with van der Waals surface area (Å²) in [5.41, 5.74) is 0.101. The minimum Gasteiger partial charge on any atom is -0.490 e. The maximum atomic E-state index is 13.3. The Bertz CT molecular complexity index is 752. The predicted octanol–water partition coefficient (Wildman–Crippen LogP) is 1.96. The van der Waals surface area contributed by atoms with Gasteiger partial charge in [-0.3, -0.25) is 9.36 Å². The van der Waals surface area contributed by atoms with E-state index in [4.69, 9.17) is 21.6 Å². The zero-order valence-corrected chi connectivity index (χ0v) is 11.2. The number of ether oxygens (including phenoxy) is 1. The highest BCUT2D eigenvalue weighted by Crippen LogP contribution is 2.14. The molecule has 0 saturated heterocycles. The summed E-state index contributed by atoms with van der Waals surface area (Å²) in [5, 5.41) is 8.93. The topological polar surface area (TPSA) is 67.9 Å². The molecule has 0 unspecified atom stereocenters. The third-order valence-electron chi connectivity index (χ3n) is 2.70. The fraction of sp³-hybridized carbons (Fsp3) is 0.154. The second-order valence-corrected chi connectivity index (χ2v) is 4.24. The highest BCUT2D eigenvalue weighted by atomic mass is 35.5. The number of nitriles is 1. The van der Waals surface area contributed by atoms with Crippen LogP contribution in [0, 0.1) is 17.1 Å². The molecule has 0 amide bonds. The lowest BCUT2D eigenvalue weighted by Gasteiger charge is -2.10. The van der Waals surface area contributed by atoms with Gasteiger partial charge in [0, 0.05) is 0 Å². The second-order valence-electron chi connectivity index (χ2n) is 3.90. The van der Waals surface area contributed by atoms with E-state index in [9.17, 15) is 9.18 Å². The van der Waals surface area contributed by atoms with Gasteiger partial charge in [0.05, 0.1) is 31.5 Å². The molecule has 0 aliphatic heterocycles. The van der Waals surface area contributed by atoms with E-state index in [-0.39, 0.29) is 23.1 Å². The Morgan fingerprint density at radius 2 is 2.30 bits per heavy atom. The maximum absolute atomic E-state index is 13.3. The number of benzene rings is 1. The Morgan fingerprint density at radius 3 is 2.95 bits per heavy atom. The van der Waals surface area contributed by atoms with Crippen molar-refractivity contribution in [2.45, 2.75) is 6.54 Å². The lowest BCUT2D eigenvalue weighted by atomic mass is 10.1. The molecule has 7 heteroatoms. The molecule has 0 aliphatic carbocycles. The second kappa shape index (κ2) is 5.72. The molecule has 20 heavy (non-hydrogen) atoms. The summed E-state index contributed by atoms with van der Waals surface area (Å²) in [4.78, 5) is 15.9. The molecule has 0 radical (unpaired) electrons. The van der Waals surface area contributed by atoms with Gasteiger partial charge in [-0.2, -0.15) is 5.26 Å². The first kappa shape index (κ1) is 14.0. The minimum atomic E-state index is -0.501. The Hall–Kier alpha value is -2.39. The average Bonchev–Trinajstić information content (AvgIpc) is 2.44. The van der Waals surface area contributed by atoms with E-state index in [1.54, 1.807) is 0 Å². The van der Waals surface area contributed by atoms with Crippen LogP contribution in [0.5, 0.6) is 5.75 Å². The van der Waals surface area contributed by atoms with Crippen molar-refractivity contribution in [3.63, 3.8) is 0 Å². The summed E-state index contributed by atoms with van der Waals surface area (Å²) in [6, 6.07) is 5.64. The molecule has 5 nitrogen and oxygen atoms in total. The van der Waals surface area contributed by atoms with Gasteiger partial charge in [-0.25, -0.2) is 9.37 Å². The monoisotopic (exact) mass is 293 g/mol. The van der Waals surface area contributed by atoms with Gasteiger partial charge in [-0.1, -0.05) is 0 Å². The van der Waals surface area contributed by atoms with Crippen LogP contribution in [0.3, 0.4) is 0 Å². The van der Waals surface area contributed by atoms with Gasteiger partial charge in [-0.15, -0.1) is 0 Å². The lowest BCUT2D eigenvalue weighted by molar-refractivity contribution is 0.400. The summed E-state index contributed by atoms with van der Waals surface area (Å²) in [7, 11) is 1.33. The van der Waals surface area contributed by atoms with Crippen LogP contribution in [0.1, 0.15) is 11.1 Å². The van der Waals surface area contributed by atoms with Gasteiger partial charge in [0.15, 0.2) is 0 Å². The molecule has 1 heterocycles. The Morgan fingerprint density at radius 1 is 1.55 bits per heavy atom. The summed E-state index contributed by atoms with van der Waals surface area (Å²) in [5.74, 6) is -0.483. The zero-order chi connectivity index (χ0) is 14.7. The van der Waals surface area contributed by atoms with Crippen LogP contribution in [0.4, 0.5) is 4.39 Å². The first-order valence-corrected chi connectivity index (χ1v) is 5.92. The summed E-state index contributed by atoms with van der Waals surface area (Å²) in [6.45, 7) is -0.0669. The molecule has 1 aromatic heterocycles. The molecule has 0 saturated carbocycles. The van der Waals surface area contributed by atoms with Crippen LogP contribution in [0.2, 0.25) is 5.28 Å². The molecular weight excluding hydrogens is 285 g/mol. The van der Waals surface area contributed by atoms with Gasteiger partial charge in [-0.05, 0) is 35.4 Å². The largest absolute Gasteiger partial charge is 0.490 e. The van der Waals surface area contributed by atoms with Crippen molar-refractivity contribution in [2.75, 3.05) is 7.11 Å². The van der Waals surface area contributed by atoms with Gasteiger partial charge in [0.2, 0.25) is 11.0 Å². The lowest BCUT2D eigenvalue weighted by Crippen LogP contribution is -2.24. The number of halogens is 2. The van der Waals surface area contributed by atoms with E-state index in [0.29, 0.717) is 5.56 Å².